The van der Waals surface area contributed by atoms with Crippen molar-refractivity contribution in [1.29, 1.82) is 0 Å². The second-order valence-corrected chi connectivity index (χ2v) is 4.72. The maximum absolute atomic E-state index is 13.7. The molecule has 0 saturated heterocycles. The highest BCUT2D eigenvalue weighted by atomic mass is 79.9. The summed E-state index contributed by atoms with van der Waals surface area (Å²) in [5.74, 6) is -0.602. The Kier molecular flexibility index (Phi) is 3.90. The molecule has 0 spiro atoms. The predicted molar refractivity (Wildman–Crippen MR) is 74.7 cm³/mol. The zero-order valence-electron chi connectivity index (χ0n) is 10.0. The molecule has 2 aromatic rings. The maximum Gasteiger partial charge on any atom is 0.147 e. The zero-order valence-corrected chi connectivity index (χ0v) is 11.6. The highest BCUT2D eigenvalue weighted by molar-refractivity contribution is 9.10. The second kappa shape index (κ2) is 5.44. The molecule has 0 bridgehead atoms. The molecule has 3 nitrogen and oxygen atoms in total. The van der Waals surface area contributed by atoms with Gasteiger partial charge in [-0.3, -0.25) is 0 Å². The van der Waals surface area contributed by atoms with E-state index in [1.54, 1.807) is 18.2 Å². The summed E-state index contributed by atoms with van der Waals surface area (Å²) < 4.78 is 32.2. The van der Waals surface area contributed by atoms with E-state index in [9.17, 15) is 8.78 Å². The number of benzene rings is 2. The number of methoxy groups -OCH3 is 1. The van der Waals surface area contributed by atoms with Gasteiger partial charge in [0.2, 0.25) is 0 Å². The van der Waals surface area contributed by atoms with Crippen molar-refractivity contribution in [2.75, 3.05) is 18.2 Å². The van der Waals surface area contributed by atoms with Crippen LogP contribution < -0.4 is 15.8 Å². The number of ether oxygens (including phenoxy) is 1. The van der Waals surface area contributed by atoms with E-state index in [0.29, 0.717) is 17.1 Å². The monoisotopic (exact) mass is 328 g/mol. The van der Waals surface area contributed by atoms with Crippen molar-refractivity contribution in [1.82, 2.24) is 0 Å². The first-order valence-electron chi connectivity index (χ1n) is 5.35. The van der Waals surface area contributed by atoms with E-state index in [1.165, 1.54) is 7.11 Å². The van der Waals surface area contributed by atoms with Crippen molar-refractivity contribution in [2.45, 2.75) is 0 Å². The minimum absolute atomic E-state index is 0.0216. The highest BCUT2D eigenvalue weighted by Gasteiger charge is 2.09. The third kappa shape index (κ3) is 3.14. The van der Waals surface area contributed by atoms with E-state index in [0.717, 1.165) is 12.1 Å². The lowest BCUT2D eigenvalue weighted by Gasteiger charge is -2.11. The molecule has 2 aromatic carbocycles. The summed E-state index contributed by atoms with van der Waals surface area (Å²) in [7, 11) is 1.50. The van der Waals surface area contributed by atoms with Gasteiger partial charge in [-0.2, -0.15) is 0 Å². The molecule has 0 radical (unpaired) electrons. The lowest BCUT2D eigenvalue weighted by Crippen LogP contribution is -1.97. The average molecular weight is 329 g/mol. The molecule has 0 amide bonds. The Morgan fingerprint density at radius 1 is 1.11 bits per heavy atom. The first-order valence-corrected chi connectivity index (χ1v) is 6.15. The van der Waals surface area contributed by atoms with Gasteiger partial charge in [-0.1, -0.05) is 0 Å². The molecule has 0 aliphatic carbocycles. The van der Waals surface area contributed by atoms with Crippen LogP contribution in [-0.2, 0) is 0 Å². The van der Waals surface area contributed by atoms with Crippen LogP contribution >= 0.6 is 15.9 Å². The Morgan fingerprint density at radius 2 is 1.84 bits per heavy atom. The van der Waals surface area contributed by atoms with Crippen molar-refractivity contribution in [3.63, 3.8) is 0 Å². The number of hydrogen-bond acceptors (Lipinski definition) is 3. The summed E-state index contributed by atoms with van der Waals surface area (Å²) in [5, 5.41) is 2.76. The number of anilines is 3. The fourth-order valence-corrected chi connectivity index (χ4v) is 1.90. The molecule has 0 unspecified atom stereocenters. The first-order chi connectivity index (χ1) is 8.99. The fourth-order valence-electron chi connectivity index (χ4n) is 1.59. The lowest BCUT2D eigenvalue weighted by molar-refractivity contribution is 0.415. The third-order valence-corrected chi connectivity index (χ3v) is 3.06. The summed E-state index contributed by atoms with van der Waals surface area (Å²) in [6.45, 7) is 0. The highest BCUT2D eigenvalue weighted by Crippen LogP contribution is 2.29. The van der Waals surface area contributed by atoms with Gasteiger partial charge in [0.15, 0.2) is 0 Å². The number of halogens is 3. The number of nitrogens with two attached hydrogens (primary N) is 1. The predicted octanol–water partition coefficient (Wildman–Crippen LogP) is 4.06. The van der Waals surface area contributed by atoms with E-state index < -0.39 is 11.6 Å². The minimum Gasteiger partial charge on any atom is -0.497 e. The van der Waals surface area contributed by atoms with Crippen LogP contribution in [0.15, 0.2) is 34.8 Å². The molecule has 6 heteroatoms. The van der Waals surface area contributed by atoms with Gasteiger partial charge in [-0.05, 0) is 28.1 Å². The normalized spacial score (nSPS) is 10.3. The summed E-state index contributed by atoms with van der Waals surface area (Å²) in [6.07, 6.45) is 0. The summed E-state index contributed by atoms with van der Waals surface area (Å²) >= 11 is 2.92. The zero-order chi connectivity index (χ0) is 14.0. The van der Waals surface area contributed by atoms with Crippen LogP contribution in [0.1, 0.15) is 0 Å². The SMILES string of the molecule is COc1cc(N)cc(Nc2cc(F)c(Br)cc2F)c1. The van der Waals surface area contributed by atoms with Crippen molar-refractivity contribution in [3.05, 3.63) is 46.4 Å². The number of nitrogen functional groups attached to an aromatic ring is 1. The van der Waals surface area contributed by atoms with Crippen LogP contribution in [0.5, 0.6) is 5.75 Å². The van der Waals surface area contributed by atoms with Crippen LogP contribution in [0.4, 0.5) is 25.8 Å². The Balaban J connectivity index is 2.36. The van der Waals surface area contributed by atoms with Crippen molar-refractivity contribution in [2.24, 2.45) is 0 Å². The average Bonchev–Trinajstić information content (AvgIpc) is 2.35. The van der Waals surface area contributed by atoms with E-state index >= 15 is 0 Å². The maximum atomic E-state index is 13.7. The number of hydrogen-bond donors (Lipinski definition) is 2. The van der Waals surface area contributed by atoms with Gasteiger partial charge in [-0.25, -0.2) is 8.78 Å². The standard InChI is InChI=1S/C13H11BrF2N2O/c1-19-9-3-7(17)2-8(4-9)18-13-6-11(15)10(14)5-12(13)16/h2-6,18H,17H2,1H3. The third-order valence-electron chi connectivity index (χ3n) is 2.45. The van der Waals surface area contributed by atoms with Crippen molar-refractivity contribution in [3.8, 4) is 5.75 Å². The number of nitrogens with one attached hydrogen (secondary N) is 1. The Morgan fingerprint density at radius 3 is 2.53 bits per heavy atom. The van der Waals surface area contributed by atoms with Crippen LogP contribution in [0.3, 0.4) is 0 Å². The molecule has 0 atom stereocenters. The molecule has 0 aliphatic heterocycles. The molecular formula is C13H11BrF2N2O. The summed E-state index contributed by atoms with van der Waals surface area (Å²) in [6, 6.07) is 6.98. The van der Waals surface area contributed by atoms with Gasteiger partial charge in [0.05, 0.1) is 17.3 Å². The fraction of sp³-hybridized carbons (Fsp3) is 0.0769. The van der Waals surface area contributed by atoms with E-state index in [1.807, 2.05) is 0 Å². The molecule has 0 fully saturated rings. The molecule has 19 heavy (non-hydrogen) atoms. The van der Waals surface area contributed by atoms with Gasteiger partial charge in [-0.15, -0.1) is 0 Å². The molecule has 0 heterocycles. The summed E-state index contributed by atoms with van der Waals surface area (Å²) in [5.41, 5.74) is 6.68. The minimum atomic E-state index is -0.574. The van der Waals surface area contributed by atoms with Gasteiger partial charge in [0, 0.05) is 29.6 Å². The van der Waals surface area contributed by atoms with Gasteiger partial charge in [0.25, 0.3) is 0 Å². The molecule has 0 aromatic heterocycles. The van der Waals surface area contributed by atoms with Crippen molar-refractivity contribution >= 4 is 33.0 Å². The van der Waals surface area contributed by atoms with E-state index in [2.05, 4.69) is 21.2 Å². The topological polar surface area (TPSA) is 47.3 Å². The van der Waals surface area contributed by atoms with Crippen molar-refractivity contribution < 1.29 is 13.5 Å². The molecule has 3 N–H and O–H groups in total. The van der Waals surface area contributed by atoms with Crippen LogP contribution in [0, 0.1) is 11.6 Å². The van der Waals surface area contributed by atoms with Crippen LogP contribution in [0.25, 0.3) is 0 Å². The quantitative estimate of drug-likeness (QED) is 0.659. The number of rotatable bonds is 3. The smallest absolute Gasteiger partial charge is 0.147 e. The Hall–Kier alpha value is -1.82. The molecule has 0 saturated carbocycles. The Labute approximate surface area is 117 Å². The van der Waals surface area contributed by atoms with Crippen LogP contribution in [0.2, 0.25) is 0 Å². The molecular weight excluding hydrogens is 318 g/mol. The first kappa shape index (κ1) is 13.6. The van der Waals surface area contributed by atoms with Gasteiger partial charge in [0.1, 0.15) is 17.4 Å². The lowest BCUT2D eigenvalue weighted by atomic mass is 10.2. The molecule has 100 valence electrons. The largest absolute Gasteiger partial charge is 0.497 e. The van der Waals surface area contributed by atoms with Crippen LogP contribution in [-0.4, -0.2) is 7.11 Å². The summed E-state index contributed by atoms with van der Waals surface area (Å²) in [4.78, 5) is 0. The second-order valence-electron chi connectivity index (χ2n) is 3.87. The molecule has 0 aliphatic rings. The van der Waals surface area contributed by atoms with Gasteiger partial charge < -0.3 is 15.8 Å². The van der Waals surface area contributed by atoms with E-state index in [-0.39, 0.29) is 10.2 Å². The Bertz CT molecular complexity index is 620. The van der Waals surface area contributed by atoms with E-state index in [4.69, 9.17) is 10.5 Å². The molecule has 2 rings (SSSR count). The van der Waals surface area contributed by atoms with Gasteiger partial charge >= 0.3 is 0 Å².